The van der Waals surface area contributed by atoms with Gasteiger partial charge in [0, 0.05) is 0 Å². The quantitative estimate of drug-likeness (QED) is 0.939. The summed E-state index contributed by atoms with van der Waals surface area (Å²) in [5.74, 6) is -0.722. The van der Waals surface area contributed by atoms with Gasteiger partial charge in [-0.25, -0.2) is 4.79 Å². The minimum absolute atomic E-state index is 0.106. The fourth-order valence-electron chi connectivity index (χ4n) is 1.96. The molecule has 0 heterocycles. The number of aryl methyl sites for hydroxylation is 2. The van der Waals surface area contributed by atoms with Gasteiger partial charge in [-0.15, -0.1) is 0 Å². The van der Waals surface area contributed by atoms with Crippen LogP contribution >= 0.6 is 0 Å². The Morgan fingerprint density at radius 3 is 2.45 bits per heavy atom. The second-order valence-electron chi connectivity index (χ2n) is 4.71. The maximum absolute atomic E-state index is 12.4. The number of hydrogen-bond donors (Lipinski definition) is 1. The summed E-state index contributed by atoms with van der Waals surface area (Å²) in [6.45, 7) is 4.03. The molecule has 0 aliphatic carbocycles. The van der Waals surface area contributed by atoms with Crippen molar-refractivity contribution in [2.75, 3.05) is 0 Å². The van der Waals surface area contributed by atoms with Crippen LogP contribution in [0.1, 0.15) is 27.0 Å². The number of aromatic carboxylic acids is 1. The molecule has 3 nitrogen and oxygen atoms in total. The van der Waals surface area contributed by atoms with Crippen LogP contribution in [-0.2, 0) is 16.6 Å². The summed E-state index contributed by atoms with van der Waals surface area (Å²) in [7, 11) is -1.36. The van der Waals surface area contributed by atoms with Gasteiger partial charge in [0.05, 0.1) is 27.0 Å². The van der Waals surface area contributed by atoms with Crippen molar-refractivity contribution in [1.82, 2.24) is 0 Å². The number of hydrogen-bond acceptors (Lipinski definition) is 2. The van der Waals surface area contributed by atoms with Crippen molar-refractivity contribution in [2.24, 2.45) is 0 Å². The second-order valence-corrected chi connectivity index (χ2v) is 6.13. The minimum Gasteiger partial charge on any atom is -0.478 e. The van der Waals surface area contributed by atoms with E-state index in [0.717, 1.165) is 11.1 Å². The molecule has 0 spiro atoms. The van der Waals surface area contributed by atoms with Crippen molar-refractivity contribution < 1.29 is 14.1 Å². The summed E-state index contributed by atoms with van der Waals surface area (Å²) in [4.78, 5) is 11.5. The molecule has 1 atom stereocenters. The summed E-state index contributed by atoms with van der Waals surface area (Å²) in [6, 6.07) is 12.4. The van der Waals surface area contributed by atoms with Crippen LogP contribution in [0.4, 0.5) is 0 Å². The van der Waals surface area contributed by atoms with Gasteiger partial charge >= 0.3 is 5.97 Å². The van der Waals surface area contributed by atoms with Gasteiger partial charge in [-0.2, -0.15) is 0 Å². The molecule has 2 aromatic carbocycles. The fraction of sp³-hybridized carbons (Fsp3) is 0.188. The summed E-state index contributed by atoms with van der Waals surface area (Å²) >= 11 is 0. The molecule has 0 amide bonds. The monoisotopic (exact) mass is 288 g/mol. The fourth-order valence-corrected chi connectivity index (χ4v) is 3.23. The third-order valence-corrected chi connectivity index (χ3v) is 4.67. The topological polar surface area (TPSA) is 54.4 Å². The normalized spacial score (nSPS) is 12.1. The van der Waals surface area contributed by atoms with E-state index in [1.54, 1.807) is 18.2 Å². The smallest absolute Gasteiger partial charge is 0.336 e. The van der Waals surface area contributed by atoms with E-state index in [4.69, 9.17) is 5.11 Å². The Labute approximate surface area is 120 Å². The zero-order chi connectivity index (χ0) is 14.7. The van der Waals surface area contributed by atoms with Gasteiger partial charge in [-0.05, 0) is 42.7 Å². The molecule has 1 N–H and O–H groups in total. The molecule has 104 valence electrons. The van der Waals surface area contributed by atoms with Crippen LogP contribution in [0.15, 0.2) is 47.4 Å². The van der Waals surface area contributed by atoms with Crippen molar-refractivity contribution >= 4 is 16.8 Å². The van der Waals surface area contributed by atoms with Gasteiger partial charge in [-0.3, -0.25) is 4.21 Å². The molecule has 0 radical (unpaired) electrons. The molecule has 0 aromatic heterocycles. The minimum atomic E-state index is -1.36. The van der Waals surface area contributed by atoms with Crippen LogP contribution in [0.2, 0.25) is 0 Å². The summed E-state index contributed by atoms with van der Waals surface area (Å²) in [5, 5.41) is 9.13. The maximum atomic E-state index is 12.4. The highest BCUT2D eigenvalue weighted by Gasteiger charge is 2.15. The van der Waals surface area contributed by atoms with Crippen molar-refractivity contribution in [3.63, 3.8) is 0 Å². The molecule has 0 fully saturated rings. The highest BCUT2D eigenvalue weighted by molar-refractivity contribution is 7.84. The van der Waals surface area contributed by atoms with Crippen LogP contribution in [0.25, 0.3) is 0 Å². The lowest BCUT2D eigenvalue weighted by Crippen LogP contribution is -2.06. The van der Waals surface area contributed by atoms with E-state index in [1.807, 2.05) is 32.0 Å². The second kappa shape index (κ2) is 6.01. The van der Waals surface area contributed by atoms with Gasteiger partial charge in [0.25, 0.3) is 0 Å². The Morgan fingerprint density at radius 1 is 1.10 bits per heavy atom. The number of benzene rings is 2. The largest absolute Gasteiger partial charge is 0.478 e. The lowest BCUT2D eigenvalue weighted by Gasteiger charge is -2.08. The molecule has 0 aliphatic rings. The SMILES string of the molecule is Cc1ccc(CS(=O)c2ccccc2C(=O)O)cc1C. The number of carboxylic acids is 1. The molecular weight excluding hydrogens is 272 g/mol. The molecule has 1 unspecified atom stereocenters. The van der Waals surface area contributed by atoms with Crippen LogP contribution < -0.4 is 0 Å². The van der Waals surface area contributed by atoms with Gasteiger partial charge in [-0.1, -0.05) is 30.3 Å². The van der Waals surface area contributed by atoms with Gasteiger partial charge < -0.3 is 5.11 Å². The van der Waals surface area contributed by atoms with E-state index >= 15 is 0 Å². The molecule has 20 heavy (non-hydrogen) atoms. The molecule has 0 bridgehead atoms. The van der Waals surface area contributed by atoms with E-state index < -0.39 is 16.8 Å². The maximum Gasteiger partial charge on any atom is 0.336 e. The zero-order valence-electron chi connectivity index (χ0n) is 11.4. The van der Waals surface area contributed by atoms with Crippen molar-refractivity contribution in [1.29, 1.82) is 0 Å². The Balaban J connectivity index is 2.28. The van der Waals surface area contributed by atoms with Crippen LogP contribution in [0.5, 0.6) is 0 Å². The van der Waals surface area contributed by atoms with Gasteiger partial charge in [0.15, 0.2) is 0 Å². The van der Waals surface area contributed by atoms with Crippen molar-refractivity contribution in [3.8, 4) is 0 Å². The average molecular weight is 288 g/mol. The summed E-state index contributed by atoms with van der Waals surface area (Å²) in [6.07, 6.45) is 0. The van der Waals surface area contributed by atoms with E-state index in [0.29, 0.717) is 10.6 Å². The summed E-state index contributed by atoms with van der Waals surface area (Å²) < 4.78 is 12.4. The van der Waals surface area contributed by atoms with E-state index in [2.05, 4.69) is 0 Å². The Kier molecular flexibility index (Phi) is 4.35. The highest BCUT2D eigenvalue weighted by atomic mass is 32.2. The van der Waals surface area contributed by atoms with E-state index in [9.17, 15) is 9.00 Å². The molecule has 2 rings (SSSR count). The Morgan fingerprint density at radius 2 is 1.80 bits per heavy atom. The third kappa shape index (κ3) is 3.14. The molecule has 0 saturated carbocycles. The first-order valence-electron chi connectivity index (χ1n) is 6.26. The van der Waals surface area contributed by atoms with Crippen LogP contribution in [0.3, 0.4) is 0 Å². The zero-order valence-corrected chi connectivity index (χ0v) is 12.2. The van der Waals surface area contributed by atoms with Crippen LogP contribution in [-0.4, -0.2) is 15.3 Å². The first-order chi connectivity index (χ1) is 9.49. The lowest BCUT2D eigenvalue weighted by atomic mass is 10.1. The first kappa shape index (κ1) is 14.5. The van der Waals surface area contributed by atoms with Crippen molar-refractivity contribution in [2.45, 2.75) is 24.5 Å². The molecule has 0 saturated heterocycles. The Bertz CT molecular complexity index is 677. The van der Waals surface area contributed by atoms with Gasteiger partial charge in [0.1, 0.15) is 0 Å². The highest BCUT2D eigenvalue weighted by Crippen LogP contribution is 2.18. The molecular formula is C16H16O3S. The first-order valence-corrected chi connectivity index (χ1v) is 7.58. The molecule has 2 aromatic rings. The van der Waals surface area contributed by atoms with E-state index in [-0.39, 0.29) is 5.56 Å². The van der Waals surface area contributed by atoms with Gasteiger partial charge in [0.2, 0.25) is 0 Å². The van der Waals surface area contributed by atoms with Crippen LogP contribution in [0, 0.1) is 13.8 Å². The number of carbonyl (C=O) groups is 1. The molecule has 0 aliphatic heterocycles. The number of rotatable bonds is 4. The van der Waals surface area contributed by atoms with Crippen molar-refractivity contribution in [3.05, 3.63) is 64.7 Å². The predicted molar refractivity (Wildman–Crippen MR) is 79.4 cm³/mol. The Hall–Kier alpha value is -1.94. The average Bonchev–Trinajstić information content (AvgIpc) is 2.43. The third-order valence-electron chi connectivity index (χ3n) is 3.23. The molecule has 4 heteroatoms. The lowest BCUT2D eigenvalue weighted by molar-refractivity contribution is 0.0693. The number of carboxylic acid groups (broad SMARTS) is 1. The standard InChI is InChI=1S/C16H16O3S/c1-11-7-8-13(9-12(11)2)10-20(19)15-6-4-3-5-14(15)16(17)18/h3-9H,10H2,1-2H3,(H,17,18). The summed E-state index contributed by atoms with van der Waals surface area (Å²) in [5.41, 5.74) is 3.39. The predicted octanol–water partition coefficient (Wildman–Crippen LogP) is 3.31. The van der Waals surface area contributed by atoms with E-state index in [1.165, 1.54) is 11.6 Å².